The third-order valence-electron chi connectivity index (χ3n) is 1.85. The molecule has 0 radical (unpaired) electrons. The maximum absolute atomic E-state index is 5.41. The lowest BCUT2D eigenvalue weighted by molar-refractivity contribution is 1.47. The third-order valence-corrected chi connectivity index (χ3v) is 3.12. The average molecular weight is 296 g/mol. The summed E-state index contributed by atoms with van der Waals surface area (Å²) in [5.74, 6) is 0. The van der Waals surface area contributed by atoms with E-state index in [1.165, 1.54) is 4.90 Å². The number of nitrogens with two attached hydrogens (primary N) is 1. The van der Waals surface area contributed by atoms with E-state index in [-0.39, 0.29) is 0 Å². The van der Waals surface area contributed by atoms with E-state index in [9.17, 15) is 0 Å². The molecule has 0 spiro atoms. The number of halogens is 1. The summed E-state index contributed by atoms with van der Waals surface area (Å²) in [6.07, 6.45) is 2.08. The second-order valence-electron chi connectivity index (χ2n) is 3.07. The summed E-state index contributed by atoms with van der Waals surface area (Å²) in [6, 6.07) is 17.9. The Labute approximate surface area is 109 Å². The van der Waals surface area contributed by atoms with E-state index in [2.05, 4.69) is 34.3 Å². The lowest BCUT2D eigenvalue weighted by Crippen LogP contribution is -1.80. The molecule has 0 heterocycles. The lowest BCUT2D eigenvalue weighted by atomic mass is 10.3. The van der Waals surface area contributed by atoms with Gasteiger partial charge >= 0.3 is 0 Å². The molecule has 0 fully saturated rings. The van der Waals surface area contributed by atoms with Crippen molar-refractivity contribution in [2.24, 2.45) is 0 Å². The summed E-state index contributed by atoms with van der Waals surface area (Å²) in [4.78, 5) is 1.33. The van der Waals surface area contributed by atoms with Crippen LogP contribution in [0.1, 0.15) is 0 Å². The van der Waals surface area contributed by atoms with Crippen molar-refractivity contribution in [2.75, 3.05) is 12.0 Å². The molecule has 2 rings (SSSR count). The maximum atomic E-state index is 5.41. The van der Waals surface area contributed by atoms with E-state index in [4.69, 9.17) is 5.73 Å². The van der Waals surface area contributed by atoms with Crippen LogP contribution in [0.2, 0.25) is 0 Å². The molecule has 0 bridgehead atoms. The van der Waals surface area contributed by atoms with Crippen LogP contribution in [0.5, 0.6) is 0 Å². The first-order valence-corrected chi connectivity index (χ1v) is 6.84. The first-order valence-electron chi connectivity index (χ1n) is 4.82. The van der Waals surface area contributed by atoms with Gasteiger partial charge in [-0.1, -0.05) is 34.1 Å². The molecule has 2 aromatic carbocycles. The fraction of sp³-hybridized carbons (Fsp3) is 0.0769. The Bertz CT molecular complexity index is 379. The van der Waals surface area contributed by atoms with Crippen molar-refractivity contribution in [3.05, 3.63) is 59.1 Å². The second-order valence-corrected chi connectivity index (χ2v) is 4.86. The van der Waals surface area contributed by atoms with Crippen LogP contribution in [-0.2, 0) is 0 Å². The molecule has 0 aromatic heterocycles. The van der Waals surface area contributed by atoms with E-state index in [1.807, 2.05) is 42.5 Å². The standard InChI is InChI=1S/C7H8S.C6H6BrN/c1-8-7-5-3-2-4-6-7;7-5-1-3-6(8)4-2-5/h2-6H,1H3;1-4H,8H2. The number of thioether (sulfide) groups is 1. The Morgan fingerprint density at radius 2 is 1.50 bits per heavy atom. The Balaban J connectivity index is 0.000000160. The van der Waals surface area contributed by atoms with Crippen molar-refractivity contribution in [3.8, 4) is 0 Å². The van der Waals surface area contributed by atoms with Gasteiger partial charge < -0.3 is 5.73 Å². The number of benzene rings is 2. The minimum atomic E-state index is 0.799. The molecular weight excluding hydrogens is 282 g/mol. The van der Waals surface area contributed by atoms with Gasteiger partial charge in [-0.15, -0.1) is 11.8 Å². The van der Waals surface area contributed by atoms with Crippen LogP contribution in [0, 0.1) is 0 Å². The molecule has 2 aromatic rings. The summed E-state index contributed by atoms with van der Waals surface area (Å²) in [5, 5.41) is 0. The van der Waals surface area contributed by atoms with E-state index >= 15 is 0 Å². The smallest absolute Gasteiger partial charge is 0.0314 e. The van der Waals surface area contributed by atoms with Crippen molar-refractivity contribution >= 4 is 33.4 Å². The molecule has 84 valence electrons. The molecule has 0 saturated carbocycles. The first kappa shape index (κ1) is 13.1. The highest BCUT2D eigenvalue weighted by Crippen LogP contribution is 2.11. The number of rotatable bonds is 1. The number of nitrogen functional groups attached to an aromatic ring is 1. The van der Waals surface area contributed by atoms with E-state index in [0.29, 0.717) is 0 Å². The van der Waals surface area contributed by atoms with Gasteiger partial charge in [-0.2, -0.15) is 0 Å². The van der Waals surface area contributed by atoms with Gasteiger partial charge in [0.25, 0.3) is 0 Å². The summed E-state index contributed by atoms with van der Waals surface area (Å²) in [6.45, 7) is 0. The van der Waals surface area contributed by atoms with E-state index in [0.717, 1.165) is 10.2 Å². The summed E-state index contributed by atoms with van der Waals surface area (Å²) < 4.78 is 1.06. The largest absolute Gasteiger partial charge is 0.399 e. The highest BCUT2D eigenvalue weighted by atomic mass is 79.9. The molecule has 0 atom stereocenters. The fourth-order valence-corrected chi connectivity index (χ4v) is 1.71. The number of hydrogen-bond donors (Lipinski definition) is 1. The van der Waals surface area contributed by atoms with Gasteiger partial charge in [-0.25, -0.2) is 0 Å². The fourth-order valence-electron chi connectivity index (χ4n) is 1.02. The van der Waals surface area contributed by atoms with E-state index < -0.39 is 0 Å². The van der Waals surface area contributed by atoms with Crippen molar-refractivity contribution in [3.63, 3.8) is 0 Å². The molecule has 1 nitrogen and oxygen atoms in total. The first-order chi connectivity index (χ1) is 7.72. The minimum absolute atomic E-state index is 0.799. The Morgan fingerprint density at radius 1 is 0.938 bits per heavy atom. The monoisotopic (exact) mass is 295 g/mol. The molecule has 0 unspecified atom stereocenters. The van der Waals surface area contributed by atoms with Crippen LogP contribution in [0.25, 0.3) is 0 Å². The summed E-state index contributed by atoms with van der Waals surface area (Å²) >= 11 is 5.06. The number of hydrogen-bond acceptors (Lipinski definition) is 2. The van der Waals surface area contributed by atoms with Crippen LogP contribution in [0.3, 0.4) is 0 Å². The molecule has 3 heteroatoms. The van der Waals surface area contributed by atoms with Crippen LogP contribution in [0.15, 0.2) is 64.0 Å². The van der Waals surface area contributed by atoms with Gasteiger partial charge in [0.05, 0.1) is 0 Å². The quantitative estimate of drug-likeness (QED) is 0.622. The highest BCUT2D eigenvalue weighted by Gasteiger charge is 1.82. The molecule has 2 N–H and O–H groups in total. The van der Waals surface area contributed by atoms with Crippen molar-refractivity contribution in [1.29, 1.82) is 0 Å². The van der Waals surface area contributed by atoms with Crippen molar-refractivity contribution in [1.82, 2.24) is 0 Å². The zero-order chi connectivity index (χ0) is 11.8. The van der Waals surface area contributed by atoms with Gasteiger partial charge in [-0.3, -0.25) is 0 Å². The van der Waals surface area contributed by atoms with Crippen LogP contribution >= 0.6 is 27.7 Å². The van der Waals surface area contributed by atoms with E-state index in [1.54, 1.807) is 11.8 Å². The van der Waals surface area contributed by atoms with Gasteiger partial charge in [0.1, 0.15) is 0 Å². The molecule has 0 amide bonds. The van der Waals surface area contributed by atoms with Crippen LogP contribution < -0.4 is 5.73 Å². The predicted octanol–water partition coefficient (Wildman–Crippen LogP) is 4.44. The second kappa shape index (κ2) is 7.36. The SMILES string of the molecule is CSc1ccccc1.Nc1ccc(Br)cc1. The maximum Gasteiger partial charge on any atom is 0.0314 e. The van der Waals surface area contributed by atoms with Gasteiger partial charge in [0.15, 0.2) is 0 Å². The average Bonchev–Trinajstić information content (AvgIpc) is 2.35. The van der Waals surface area contributed by atoms with Crippen molar-refractivity contribution < 1.29 is 0 Å². The molecule has 0 aliphatic rings. The molecular formula is C13H14BrNS. The summed E-state index contributed by atoms with van der Waals surface area (Å²) in [5.41, 5.74) is 6.21. The topological polar surface area (TPSA) is 26.0 Å². The zero-order valence-corrected chi connectivity index (χ0v) is 11.5. The highest BCUT2D eigenvalue weighted by molar-refractivity contribution is 9.10. The molecule has 0 aliphatic heterocycles. The zero-order valence-electron chi connectivity index (χ0n) is 9.06. The molecule has 16 heavy (non-hydrogen) atoms. The van der Waals surface area contributed by atoms with Gasteiger partial charge in [0, 0.05) is 15.1 Å². The van der Waals surface area contributed by atoms with Gasteiger partial charge in [0.2, 0.25) is 0 Å². The lowest BCUT2D eigenvalue weighted by Gasteiger charge is -1.89. The van der Waals surface area contributed by atoms with Crippen molar-refractivity contribution in [2.45, 2.75) is 4.90 Å². The molecule has 0 aliphatic carbocycles. The normalized spacial score (nSPS) is 9.12. The summed E-state index contributed by atoms with van der Waals surface area (Å²) in [7, 11) is 0. The minimum Gasteiger partial charge on any atom is -0.399 e. The predicted molar refractivity (Wildman–Crippen MR) is 76.8 cm³/mol. The Hall–Kier alpha value is -0.930. The molecule has 0 saturated heterocycles. The van der Waals surface area contributed by atoms with Crippen LogP contribution in [-0.4, -0.2) is 6.26 Å². The Morgan fingerprint density at radius 3 is 1.88 bits per heavy atom. The van der Waals surface area contributed by atoms with Gasteiger partial charge in [-0.05, 0) is 42.7 Å². The Kier molecular flexibility index (Phi) is 6.04. The van der Waals surface area contributed by atoms with Crippen LogP contribution in [0.4, 0.5) is 5.69 Å². The number of anilines is 1. The third kappa shape index (κ3) is 5.24.